The lowest BCUT2D eigenvalue weighted by atomic mass is 9.95. The average molecular weight is 433 g/mol. The van der Waals surface area contributed by atoms with Crippen molar-refractivity contribution >= 4 is 22.5 Å². The number of rotatable bonds is 4. The van der Waals surface area contributed by atoms with Crippen LogP contribution >= 0.6 is 0 Å². The van der Waals surface area contributed by atoms with Crippen molar-refractivity contribution in [2.45, 2.75) is 6.42 Å². The summed E-state index contributed by atoms with van der Waals surface area (Å²) in [7, 11) is 0. The third kappa shape index (κ3) is 4.59. The zero-order valence-corrected chi connectivity index (χ0v) is 18.2. The molecule has 2 aromatic heterocycles. The van der Waals surface area contributed by atoms with Crippen LogP contribution in [0.4, 0.5) is 5.82 Å². The number of hydrogen-bond donors (Lipinski definition) is 0. The molecule has 1 atom stereocenters. The summed E-state index contributed by atoms with van der Waals surface area (Å²) in [6.45, 7) is 5.46. The van der Waals surface area contributed by atoms with E-state index < -0.39 is 0 Å². The van der Waals surface area contributed by atoms with Crippen molar-refractivity contribution in [1.82, 2.24) is 14.9 Å². The molecule has 7 heteroatoms. The highest BCUT2D eigenvalue weighted by molar-refractivity contribution is 5.95. The van der Waals surface area contributed by atoms with E-state index in [1.54, 1.807) is 6.20 Å². The second-order valence-corrected chi connectivity index (χ2v) is 8.41. The number of pyridine rings is 2. The summed E-state index contributed by atoms with van der Waals surface area (Å²) in [5.74, 6) is 1.12. The molecule has 7 nitrogen and oxygen atoms in total. The van der Waals surface area contributed by atoms with E-state index in [1.165, 1.54) is 10.9 Å². The predicted molar refractivity (Wildman–Crippen MR) is 123 cm³/mol. The van der Waals surface area contributed by atoms with Crippen LogP contribution in [0.15, 0.2) is 55.0 Å². The molecule has 0 saturated carbocycles. The Hall–Kier alpha value is -3.03. The van der Waals surface area contributed by atoms with Crippen LogP contribution in [-0.4, -0.2) is 73.4 Å². The first-order valence-electron chi connectivity index (χ1n) is 11.3. The molecular formula is C25H28N4O3. The number of morpholine rings is 1. The van der Waals surface area contributed by atoms with Crippen LogP contribution in [0, 0.1) is 5.92 Å². The summed E-state index contributed by atoms with van der Waals surface area (Å²) < 4.78 is 11.3. The van der Waals surface area contributed by atoms with E-state index in [2.05, 4.69) is 39.1 Å². The van der Waals surface area contributed by atoms with Gasteiger partial charge in [0.05, 0.1) is 26.4 Å². The molecule has 2 aliphatic heterocycles. The van der Waals surface area contributed by atoms with Gasteiger partial charge in [0.2, 0.25) is 0 Å². The Labute approximate surface area is 188 Å². The topological polar surface area (TPSA) is 67.8 Å². The van der Waals surface area contributed by atoms with Crippen LogP contribution < -0.4 is 4.90 Å². The van der Waals surface area contributed by atoms with Gasteiger partial charge in [-0.25, -0.2) is 4.98 Å². The van der Waals surface area contributed by atoms with Crippen LogP contribution in [0.25, 0.3) is 10.8 Å². The van der Waals surface area contributed by atoms with E-state index in [-0.39, 0.29) is 11.8 Å². The highest BCUT2D eigenvalue weighted by Crippen LogP contribution is 2.23. The molecule has 0 radical (unpaired) electrons. The molecule has 1 aromatic carbocycles. The fraction of sp³-hybridized carbons (Fsp3) is 0.400. The number of amides is 1. The van der Waals surface area contributed by atoms with Gasteiger partial charge >= 0.3 is 0 Å². The Morgan fingerprint density at radius 3 is 2.81 bits per heavy atom. The second-order valence-electron chi connectivity index (χ2n) is 8.41. The molecule has 2 aliphatic rings. The van der Waals surface area contributed by atoms with Gasteiger partial charge in [0.1, 0.15) is 5.82 Å². The largest absolute Gasteiger partial charge is 0.379 e. The van der Waals surface area contributed by atoms with E-state index >= 15 is 0 Å². The van der Waals surface area contributed by atoms with Gasteiger partial charge < -0.3 is 19.3 Å². The van der Waals surface area contributed by atoms with E-state index in [0.717, 1.165) is 30.7 Å². The number of hydrogen-bond acceptors (Lipinski definition) is 6. The van der Waals surface area contributed by atoms with Crippen LogP contribution in [0.2, 0.25) is 0 Å². The van der Waals surface area contributed by atoms with Crippen LogP contribution in [0.1, 0.15) is 15.9 Å². The molecule has 3 aromatic rings. The lowest BCUT2D eigenvalue weighted by molar-refractivity contribution is 0.0737. The molecule has 1 amide bonds. The third-order valence-electron chi connectivity index (χ3n) is 6.23. The smallest absolute Gasteiger partial charge is 0.254 e. The van der Waals surface area contributed by atoms with Gasteiger partial charge in [0.25, 0.3) is 5.91 Å². The zero-order valence-electron chi connectivity index (χ0n) is 18.2. The number of anilines is 1. The van der Waals surface area contributed by atoms with Gasteiger partial charge in [-0.3, -0.25) is 9.78 Å². The molecule has 32 heavy (non-hydrogen) atoms. The highest BCUT2D eigenvalue weighted by Gasteiger charge is 2.25. The number of nitrogens with zero attached hydrogens (tertiary/aromatic N) is 4. The fourth-order valence-electron chi connectivity index (χ4n) is 4.57. The Morgan fingerprint density at radius 2 is 1.91 bits per heavy atom. The Balaban J connectivity index is 1.32. The number of fused-ring (bicyclic) bond motifs is 1. The number of carbonyl (C=O) groups excluding carboxylic acids is 1. The molecule has 0 aliphatic carbocycles. The van der Waals surface area contributed by atoms with E-state index in [0.29, 0.717) is 45.1 Å². The first-order chi connectivity index (χ1) is 15.8. The first kappa shape index (κ1) is 20.8. The third-order valence-corrected chi connectivity index (χ3v) is 6.23. The van der Waals surface area contributed by atoms with Crippen molar-refractivity contribution in [3.63, 3.8) is 0 Å². The molecule has 0 spiro atoms. The summed E-state index contributed by atoms with van der Waals surface area (Å²) >= 11 is 0. The summed E-state index contributed by atoms with van der Waals surface area (Å²) in [5, 5.41) is 2.36. The number of carbonyl (C=O) groups is 1. The predicted octanol–water partition coefficient (Wildman–Crippen LogP) is 2.80. The standard InChI is InChI=1S/C25H28N4O3/c30-25(21-4-7-27-24(15-21)28-8-11-31-12-9-28)29-10-13-32-18-19(17-29)14-20-2-1-3-22-16-26-6-5-23(20)22/h1-7,15-16,19H,8-14,17-18H2. The van der Waals surface area contributed by atoms with Crippen molar-refractivity contribution in [2.24, 2.45) is 5.92 Å². The molecule has 0 bridgehead atoms. The van der Waals surface area contributed by atoms with Crippen LogP contribution in [0.3, 0.4) is 0 Å². The van der Waals surface area contributed by atoms with Crippen molar-refractivity contribution in [3.8, 4) is 0 Å². The maximum atomic E-state index is 13.4. The van der Waals surface area contributed by atoms with Gasteiger partial charge in [-0.15, -0.1) is 0 Å². The summed E-state index contributed by atoms with van der Waals surface area (Å²) in [6.07, 6.45) is 6.32. The van der Waals surface area contributed by atoms with Crippen molar-refractivity contribution in [3.05, 3.63) is 66.1 Å². The van der Waals surface area contributed by atoms with Crippen LogP contribution in [-0.2, 0) is 15.9 Å². The maximum absolute atomic E-state index is 13.4. The minimum Gasteiger partial charge on any atom is -0.379 e. The molecular weight excluding hydrogens is 404 g/mol. The van der Waals surface area contributed by atoms with Gasteiger partial charge in [0, 0.05) is 61.6 Å². The number of benzene rings is 1. The molecule has 2 fully saturated rings. The SMILES string of the molecule is O=C(c1ccnc(N2CCOCC2)c1)N1CCOCC(Cc2cccc3cnccc23)C1. The van der Waals surface area contributed by atoms with E-state index in [4.69, 9.17) is 9.47 Å². The Morgan fingerprint density at radius 1 is 1.03 bits per heavy atom. The highest BCUT2D eigenvalue weighted by atomic mass is 16.5. The monoisotopic (exact) mass is 432 g/mol. The molecule has 166 valence electrons. The van der Waals surface area contributed by atoms with Crippen LogP contribution in [0.5, 0.6) is 0 Å². The molecule has 5 rings (SSSR count). The zero-order chi connectivity index (χ0) is 21.8. The quantitative estimate of drug-likeness (QED) is 0.632. The lowest BCUT2D eigenvalue weighted by Crippen LogP contribution is -2.38. The first-order valence-corrected chi connectivity index (χ1v) is 11.3. The van der Waals surface area contributed by atoms with Gasteiger partial charge in [-0.2, -0.15) is 0 Å². The summed E-state index contributed by atoms with van der Waals surface area (Å²) in [4.78, 5) is 26.2. The molecule has 4 heterocycles. The summed E-state index contributed by atoms with van der Waals surface area (Å²) in [5.41, 5.74) is 1.95. The molecule has 1 unspecified atom stereocenters. The van der Waals surface area contributed by atoms with E-state index in [1.807, 2.05) is 29.4 Å². The molecule has 2 saturated heterocycles. The number of aromatic nitrogens is 2. The Kier molecular flexibility index (Phi) is 6.27. The fourth-order valence-corrected chi connectivity index (χ4v) is 4.57. The van der Waals surface area contributed by atoms with Gasteiger partial charge in [0.15, 0.2) is 0 Å². The number of ether oxygens (including phenoxy) is 2. The van der Waals surface area contributed by atoms with Gasteiger partial charge in [-0.1, -0.05) is 18.2 Å². The minimum absolute atomic E-state index is 0.0412. The Bertz CT molecular complexity index is 1080. The minimum atomic E-state index is 0.0412. The van der Waals surface area contributed by atoms with Gasteiger partial charge in [-0.05, 0) is 35.6 Å². The molecule has 0 N–H and O–H groups in total. The lowest BCUT2D eigenvalue weighted by Gasteiger charge is -2.28. The van der Waals surface area contributed by atoms with E-state index in [9.17, 15) is 4.79 Å². The second kappa shape index (κ2) is 9.63. The summed E-state index contributed by atoms with van der Waals surface area (Å²) in [6, 6.07) is 12.1. The average Bonchev–Trinajstić information content (AvgIpc) is 3.10. The maximum Gasteiger partial charge on any atom is 0.254 e. The van der Waals surface area contributed by atoms with Crippen molar-refractivity contribution in [2.75, 3.05) is 57.5 Å². The van der Waals surface area contributed by atoms with Crippen molar-refractivity contribution < 1.29 is 14.3 Å². The van der Waals surface area contributed by atoms with Crippen molar-refractivity contribution in [1.29, 1.82) is 0 Å². The normalized spacial score (nSPS) is 19.7.